The fraction of sp³-hybridized carbons (Fsp3) is 0.889. The molecule has 12 heavy (non-hydrogen) atoms. The van der Waals surface area contributed by atoms with Crippen molar-refractivity contribution in [2.45, 2.75) is 45.2 Å². The second kappa shape index (κ2) is 2.46. The maximum Gasteiger partial charge on any atom is 0.305 e. The molecule has 1 aliphatic heterocycles. The quantitative estimate of drug-likeness (QED) is 0.637. The van der Waals surface area contributed by atoms with E-state index in [4.69, 9.17) is 5.11 Å². The van der Waals surface area contributed by atoms with Gasteiger partial charge in [0.05, 0.1) is 6.42 Å². The van der Waals surface area contributed by atoms with Crippen LogP contribution in [0.1, 0.15) is 34.1 Å². The van der Waals surface area contributed by atoms with Crippen molar-refractivity contribution in [3.8, 4) is 0 Å². The van der Waals surface area contributed by atoms with Gasteiger partial charge in [-0.25, -0.2) is 0 Å². The molecule has 0 aromatic heterocycles. The lowest BCUT2D eigenvalue weighted by Gasteiger charge is -2.24. The highest BCUT2D eigenvalue weighted by Gasteiger charge is 2.53. The van der Waals surface area contributed by atoms with E-state index < -0.39 is 5.97 Å². The van der Waals surface area contributed by atoms with E-state index in [1.54, 1.807) is 0 Å². The average Bonchev–Trinajstić information content (AvgIpc) is 2.37. The van der Waals surface area contributed by atoms with E-state index in [1.807, 2.05) is 6.92 Å². The molecule has 0 aromatic rings. The minimum Gasteiger partial charge on any atom is -0.481 e. The third-order valence-electron chi connectivity index (χ3n) is 2.39. The van der Waals surface area contributed by atoms with Gasteiger partial charge in [0.1, 0.15) is 0 Å². The topological polar surface area (TPSA) is 40.3 Å². The molecule has 70 valence electrons. The van der Waals surface area contributed by atoms with Crippen LogP contribution in [0.25, 0.3) is 0 Å². The van der Waals surface area contributed by atoms with Gasteiger partial charge in [0.15, 0.2) is 0 Å². The van der Waals surface area contributed by atoms with E-state index in [0.29, 0.717) is 0 Å². The first-order valence-electron chi connectivity index (χ1n) is 4.25. The first-order valence-corrected chi connectivity index (χ1v) is 4.25. The van der Waals surface area contributed by atoms with Crippen LogP contribution >= 0.6 is 0 Å². The van der Waals surface area contributed by atoms with Gasteiger partial charge in [-0.05, 0) is 27.7 Å². The summed E-state index contributed by atoms with van der Waals surface area (Å²) in [7, 11) is 0. The van der Waals surface area contributed by atoms with Crippen molar-refractivity contribution in [2.75, 3.05) is 6.54 Å². The predicted molar refractivity (Wildman–Crippen MR) is 47.1 cm³/mol. The number of nitrogens with zero attached hydrogens (tertiary/aromatic N) is 1. The second-order valence-electron chi connectivity index (χ2n) is 4.82. The zero-order valence-electron chi connectivity index (χ0n) is 8.22. The first-order chi connectivity index (χ1) is 5.26. The van der Waals surface area contributed by atoms with Gasteiger partial charge in [0.2, 0.25) is 0 Å². The maximum atomic E-state index is 10.5. The predicted octanol–water partition coefficient (Wildman–Crippen LogP) is 1.33. The SMILES string of the molecule is CC(C)(C)N1CC1(C)CC(=O)O. The van der Waals surface area contributed by atoms with E-state index in [2.05, 4.69) is 25.7 Å². The number of rotatable bonds is 2. The normalized spacial score (nSPS) is 34.8. The molecule has 1 N–H and O–H groups in total. The highest BCUT2D eigenvalue weighted by Crippen LogP contribution is 2.41. The second-order valence-corrected chi connectivity index (χ2v) is 4.82. The number of carboxylic acid groups (broad SMARTS) is 1. The molecule has 1 rings (SSSR count). The summed E-state index contributed by atoms with van der Waals surface area (Å²) in [5.41, 5.74) is 0.00822. The summed E-state index contributed by atoms with van der Waals surface area (Å²) in [5.74, 6) is -0.704. The highest BCUT2D eigenvalue weighted by atomic mass is 16.4. The van der Waals surface area contributed by atoms with Crippen LogP contribution in [0.15, 0.2) is 0 Å². The van der Waals surface area contributed by atoms with E-state index in [-0.39, 0.29) is 17.5 Å². The molecule has 2 unspecified atom stereocenters. The Bertz CT molecular complexity index is 207. The molecular weight excluding hydrogens is 154 g/mol. The van der Waals surface area contributed by atoms with Crippen LogP contribution in [0.2, 0.25) is 0 Å². The van der Waals surface area contributed by atoms with Crippen LogP contribution < -0.4 is 0 Å². The zero-order chi connectivity index (χ0) is 9.57. The van der Waals surface area contributed by atoms with Crippen LogP contribution in [-0.4, -0.2) is 33.6 Å². The average molecular weight is 171 g/mol. The summed E-state index contributed by atoms with van der Waals surface area (Å²) in [5, 5.41) is 8.65. The fourth-order valence-corrected chi connectivity index (χ4v) is 1.83. The Morgan fingerprint density at radius 2 is 2.08 bits per heavy atom. The molecule has 0 bridgehead atoms. The van der Waals surface area contributed by atoms with Crippen molar-refractivity contribution in [2.24, 2.45) is 0 Å². The summed E-state index contributed by atoms with van der Waals surface area (Å²) in [6.07, 6.45) is 0.254. The van der Waals surface area contributed by atoms with Crippen LogP contribution in [0.5, 0.6) is 0 Å². The van der Waals surface area contributed by atoms with Crippen LogP contribution in [0, 0.1) is 0 Å². The summed E-state index contributed by atoms with van der Waals surface area (Å²) < 4.78 is 0. The Morgan fingerprint density at radius 1 is 1.58 bits per heavy atom. The van der Waals surface area contributed by atoms with Gasteiger partial charge < -0.3 is 5.11 Å². The monoisotopic (exact) mass is 171 g/mol. The van der Waals surface area contributed by atoms with Gasteiger partial charge in [0.25, 0.3) is 0 Å². The molecular formula is C9H17NO2. The van der Waals surface area contributed by atoms with E-state index in [1.165, 1.54) is 0 Å². The van der Waals surface area contributed by atoms with Gasteiger partial charge in [0, 0.05) is 17.6 Å². The molecule has 1 saturated heterocycles. The molecule has 0 spiro atoms. The van der Waals surface area contributed by atoms with E-state index in [9.17, 15) is 4.79 Å². The number of carbonyl (C=O) groups is 1. The standard InChI is InChI=1S/C9H17NO2/c1-8(2,3)10-6-9(10,4)5-7(11)12/h5-6H2,1-4H3,(H,11,12). The molecule has 3 heteroatoms. The number of hydrogen-bond acceptors (Lipinski definition) is 2. The smallest absolute Gasteiger partial charge is 0.305 e. The molecule has 1 heterocycles. The van der Waals surface area contributed by atoms with Crippen molar-refractivity contribution in [3.05, 3.63) is 0 Å². The van der Waals surface area contributed by atoms with Crippen molar-refractivity contribution in [1.29, 1.82) is 0 Å². The van der Waals surface area contributed by atoms with Crippen molar-refractivity contribution < 1.29 is 9.90 Å². The van der Waals surface area contributed by atoms with Gasteiger partial charge in [-0.2, -0.15) is 0 Å². The largest absolute Gasteiger partial charge is 0.481 e. The van der Waals surface area contributed by atoms with E-state index in [0.717, 1.165) is 6.54 Å². The zero-order valence-corrected chi connectivity index (χ0v) is 8.22. The third-order valence-corrected chi connectivity index (χ3v) is 2.39. The first kappa shape index (κ1) is 9.52. The molecule has 1 fully saturated rings. The van der Waals surface area contributed by atoms with Gasteiger partial charge in [-0.1, -0.05) is 0 Å². The number of hydrogen-bond donors (Lipinski definition) is 1. The lowest BCUT2D eigenvalue weighted by Crippen LogP contribution is -2.32. The molecule has 1 aliphatic rings. The van der Waals surface area contributed by atoms with E-state index >= 15 is 0 Å². The van der Waals surface area contributed by atoms with Gasteiger partial charge in [-0.3, -0.25) is 9.69 Å². The van der Waals surface area contributed by atoms with Crippen LogP contribution in [0.4, 0.5) is 0 Å². The van der Waals surface area contributed by atoms with Crippen molar-refractivity contribution >= 4 is 5.97 Å². The summed E-state index contributed by atoms with van der Waals surface area (Å²) in [6, 6.07) is 0. The fourth-order valence-electron chi connectivity index (χ4n) is 1.83. The minimum absolute atomic E-state index is 0.0932. The Labute approximate surface area is 73.4 Å². The molecule has 3 nitrogen and oxygen atoms in total. The summed E-state index contributed by atoms with van der Waals surface area (Å²) in [6.45, 7) is 9.25. The Kier molecular flexibility index (Phi) is 1.95. The molecule has 0 amide bonds. The van der Waals surface area contributed by atoms with Crippen LogP contribution in [0.3, 0.4) is 0 Å². The lowest BCUT2D eigenvalue weighted by atomic mass is 10.1. The molecule has 0 aromatic carbocycles. The van der Waals surface area contributed by atoms with Gasteiger partial charge in [-0.15, -0.1) is 0 Å². The summed E-state index contributed by atoms with van der Waals surface area (Å²) in [4.78, 5) is 12.7. The van der Waals surface area contributed by atoms with Gasteiger partial charge >= 0.3 is 5.97 Å². The Morgan fingerprint density at radius 3 is 2.33 bits per heavy atom. The maximum absolute atomic E-state index is 10.5. The minimum atomic E-state index is -0.704. The van der Waals surface area contributed by atoms with Crippen molar-refractivity contribution in [1.82, 2.24) is 4.90 Å². The number of aliphatic carboxylic acids is 1. The Hall–Kier alpha value is -0.570. The molecule has 2 atom stereocenters. The molecule has 0 saturated carbocycles. The van der Waals surface area contributed by atoms with Crippen LogP contribution in [-0.2, 0) is 4.79 Å². The third kappa shape index (κ3) is 1.78. The molecule has 0 radical (unpaired) electrons. The highest BCUT2D eigenvalue weighted by molar-refractivity contribution is 5.69. The number of carboxylic acids is 1. The van der Waals surface area contributed by atoms with Crippen molar-refractivity contribution in [3.63, 3.8) is 0 Å². The Balaban J connectivity index is 2.54. The molecule has 0 aliphatic carbocycles. The lowest BCUT2D eigenvalue weighted by molar-refractivity contribution is -0.137. The summed E-state index contributed by atoms with van der Waals surface area (Å²) >= 11 is 0.